The van der Waals surface area contributed by atoms with Gasteiger partial charge in [0, 0.05) is 32.2 Å². The monoisotopic (exact) mass is 416 g/mol. The molecule has 0 saturated heterocycles. The number of nitrogens with zero attached hydrogens (tertiary/aromatic N) is 3. The Labute approximate surface area is 184 Å². The van der Waals surface area contributed by atoms with Crippen molar-refractivity contribution in [2.75, 3.05) is 18.0 Å². The molecule has 0 radical (unpaired) electrons. The highest BCUT2D eigenvalue weighted by Gasteiger charge is 2.36. The van der Waals surface area contributed by atoms with E-state index in [4.69, 9.17) is 4.98 Å². The fourth-order valence-corrected chi connectivity index (χ4v) is 5.13. The summed E-state index contributed by atoms with van der Waals surface area (Å²) in [5.41, 5.74) is 7.79. The number of imidazole rings is 1. The number of benzene rings is 2. The number of rotatable bonds is 9. The van der Waals surface area contributed by atoms with Crippen LogP contribution in [0.1, 0.15) is 54.7 Å². The number of hydrogen-bond donors (Lipinski definition) is 1. The molecule has 162 valence electrons. The molecule has 3 aromatic rings. The van der Waals surface area contributed by atoms with Gasteiger partial charge in [-0.3, -0.25) is 4.79 Å². The molecule has 5 nitrogen and oxygen atoms in total. The summed E-state index contributed by atoms with van der Waals surface area (Å²) >= 11 is 0. The first kappa shape index (κ1) is 20.1. The molecule has 1 aliphatic heterocycles. The first-order valence-electron chi connectivity index (χ1n) is 11.7. The van der Waals surface area contributed by atoms with Gasteiger partial charge in [0.05, 0.1) is 17.1 Å². The van der Waals surface area contributed by atoms with Gasteiger partial charge in [0.1, 0.15) is 5.82 Å². The normalized spacial score (nSPS) is 17.9. The highest BCUT2D eigenvalue weighted by atomic mass is 16.1. The molecule has 2 aromatic carbocycles. The molecule has 2 heterocycles. The Morgan fingerprint density at radius 1 is 1.16 bits per heavy atom. The minimum atomic E-state index is 0.296. The van der Waals surface area contributed by atoms with Crippen molar-refractivity contribution >= 4 is 23.1 Å². The van der Waals surface area contributed by atoms with Crippen LogP contribution in [0.4, 0.5) is 5.69 Å². The summed E-state index contributed by atoms with van der Waals surface area (Å²) < 4.78 is 2.30. The Kier molecular flexibility index (Phi) is 5.43. The molecule has 5 rings (SSSR count). The van der Waals surface area contributed by atoms with Crippen LogP contribution in [-0.4, -0.2) is 29.1 Å². The Morgan fingerprint density at radius 2 is 1.97 bits per heavy atom. The van der Waals surface area contributed by atoms with E-state index in [0.717, 1.165) is 55.9 Å². The average Bonchev–Trinajstić information content (AvgIpc) is 3.45. The molecule has 1 saturated carbocycles. The fourth-order valence-electron chi connectivity index (χ4n) is 5.13. The van der Waals surface area contributed by atoms with Crippen molar-refractivity contribution < 1.29 is 4.79 Å². The molecule has 0 spiro atoms. The molecule has 31 heavy (non-hydrogen) atoms. The number of amides is 1. The quantitative estimate of drug-likeness (QED) is 0.417. The average molecular weight is 417 g/mol. The van der Waals surface area contributed by atoms with Gasteiger partial charge in [0.15, 0.2) is 0 Å². The predicted molar refractivity (Wildman–Crippen MR) is 125 cm³/mol. The number of carbonyl (C=O) groups excluding carboxylic acids is 1. The van der Waals surface area contributed by atoms with Gasteiger partial charge in [0.25, 0.3) is 0 Å². The van der Waals surface area contributed by atoms with Gasteiger partial charge in [-0.05, 0) is 66.5 Å². The highest BCUT2D eigenvalue weighted by molar-refractivity contribution is 5.79. The number of aryl methyl sites for hydroxylation is 2. The van der Waals surface area contributed by atoms with Crippen LogP contribution in [0, 0.1) is 5.92 Å². The number of fused-ring (bicyclic) bond motifs is 2. The van der Waals surface area contributed by atoms with Crippen LogP contribution >= 0.6 is 0 Å². The van der Waals surface area contributed by atoms with Gasteiger partial charge < -0.3 is 14.8 Å². The van der Waals surface area contributed by atoms with Gasteiger partial charge >= 0.3 is 0 Å². The van der Waals surface area contributed by atoms with Crippen molar-refractivity contribution in [1.82, 2.24) is 14.9 Å². The lowest BCUT2D eigenvalue weighted by Crippen LogP contribution is -2.29. The fraction of sp³-hybridized carbons (Fsp3) is 0.462. The molecule has 1 amide bonds. The smallest absolute Gasteiger partial charge is 0.207 e. The summed E-state index contributed by atoms with van der Waals surface area (Å²) in [5, 5.41) is 2.81. The van der Waals surface area contributed by atoms with E-state index in [2.05, 4.69) is 65.2 Å². The van der Waals surface area contributed by atoms with E-state index in [1.54, 1.807) is 0 Å². The van der Waals surface area contributed by atoms with E-state index >= 15 is 0 Å². The maximum atomic E-state index is 10.7. The van der Waals surface area contributed by atoms with E-state index in [1.807, 2.05) is 0 Å². The minimum absolute atomic E-state index is 0.296. The van der Waals surface area contributed by atoms with E-state index in [-0.39, 0.29) is 0 Å². The summed E-state index contributed by atoms with van der Waals surface area (Å²) in [6, 6.07) is 13.7. The summed E-state index contributed by atoms with van der Waals surface area (Å²) in [6.45, 7) is 4.02. The second-order valence-corrected chi connectivity index (χ2v) is 9.15. The third-order valence-electron chi connectivity index (χ3n) is 6.92. The van der Waals surface area contributed by atoms with E-state index < -0.39 is 0 Å². The summed E-state index contributed by atoms with van der Waals surface area (Å²) in [4.78, 5) is 18.5. The number of para-hydroxylation sites is 1. The molecule has 1 fully saturated rings. The molecular weight excluding hydrogens is 384 g/mol. The lowest BCUT2D eigenvalue weighted by molar-refractivity contribution is -0.109. The van der Waals surface area contributed by atoms with Crippen LogP contribution in [0.25, 0.3) is 11.0 Å². The molecule has 5 heteroatoms. The largest absolute Gasteiger partial charge is 0.360 e. The zero-order valence-electron chi connectivity index (χ0n) is 18.6. The van der Waals surface area contributed by atoms with E-state index in [1.165, 1.54) is 40.7 Å². The second-order valence-electron chi connectivity index (χ2n) is 9.15. The molecule has 1 unspecified atom stereocenters. The molecule has 1 atom stereocenters. The first-order chi connectivity index (χ1) is 15.2. The molecule has 1 N–H and O–H groups in total. The van der Waals surface area contributed by atoms with Gasteiger partial charge in [-0.1, -0.05) is 31.5 Å². The number of nitrogens with one attached hydrogen (secondary N) is 1. The molecule has 0 bridgehead atoms. The summed E-state index contributed by atoms with van der Waals surface area (Å²) in [5.74, 6) is 1.99. The topological polar surface area (TPSA) is 50.2 Å². The lowest BCUT2D eigenvalue weighted by Gasteiger charge is -2.27. The van der Waals surface area contributed by atoms with Crippen molar-refractivity contribution in [3.8, 4) is 0 Å². The van der Waals surface area contributed by atoms with Crippen LogP contribution in [-0.2, 0) is 31.1 Å². The SMILES string of the molecule is CCCc1cc2nc(C3Cc4ccccc4N3CC3CC3)n(C)c2cc1CCNC=O. The third kappa shape index (κ3) is 3.82. The molecular formula is C26H32N4O. The Hall–Kier alpha value is -2.82. The van der Waals surface area contributed by atoms with E-state index in [0.29, 0.717) is 12.6 Å². The van der Waals surface area contributed by atoms with Gasteiger partial charge in [-0.25, -0.2) is 4.98 Å². The molecule has 1 aliphatic carbocycles. The van der Waals surface area contributed by atoms with Crippen molar-refractivity contribution in [1.29, 1.82) is 0 Å². The van der Waals surface area contributed by atoms with Crippen molar-refractivity contribution in [2.24, 2.45) is 13.0 Å². The van der Waals surface area contributed by atoms with Crippen LogP contribution in [0.2, 0.25) is 0 Å². The zero-order chi connectivity index (χ0) is 21.4. The van der Waals surface area contributed by atoms with Crippen LogP contribution in [0.5, 0.6) is 0 Å². The Morgan fingerprint density at radius 3 is 2.74 bits per heavy atom. The second kappa shape index (κ2) is 8.37. The van der Waals surface area contributed by atoms with Crippen LogP contribution < -0.4 is 10.2 Å². The molecule has 1 aromatic heterocycles. The van der Waals surface area contributed by atoms with Gasteiger partial charge in [-0.2, -0.15) is 0 Å². The van der Waals surface area contributed by atoms with E-state index in [9.17, 15) is 4.79 Å². The van der Waals surface area contributed by atoms with Gasteiger partial charge in [-0.15, -0.1) is 0 Å². The Balaban J connectivity index is 1.53. The van der Waals surface area contributed by atoms with Gasteiger partial charge in [0.2, 0.25) is 6.41 Å². The maximum absolute atomic E-state index is 10.7. The zero-order valence-corrected chi connectivity index (χ0v) is 18.6. The van der Waals surface area contributed by atoms with Crippen LogP contribution in [0.15, 0.2) is 36.4 Å². The first-order valence-corrected chi connectivity index (χ1v) is 11.7. The maximum Gasteiger partial charge on any atom is 0.207 e. The molecule has 2 aliphatic rings. The third-order valence-corrected chi connectivity index (χ3v) is 6.92. The lowest BCUT2D eigenvalue weighted by atomic mass is 9.99. The highest BCUT2D eigenvalue weighted by Crippen LogP contribution is 2.43. The standard InChI is InChI=1S/C26H32N4O/c1-3-6-19-13-22-24(14-20(19)11-12-27-17-31)29(2)26(28-22)25-15-21-7-4-5-8-23(21)30(25)16-18-9-10-18/h4-5,7-8,13-14,17-18,25H,3,6,9-12,15-16H2,1-2H3,(H,27,31). The summed E-state index contributed by atoms with van der Waals surface area (Å²) in [7, 11) is 2.16. The number of anilines is 1. The number of hydrogen-bond acceptors (Lipinski definition) is 3. The van der Waals surface area contributed by atoms with Crippen molar-refractivity contribution in [3.63, 3.8) is 0 Å². The van der Waals surface area contributed by atoms with Crippen molar-refractivity contribution in [2.45, 2.75) is 51.5 Å². The van der Waals surface area contributed by atoms with Crippen LogP contribution in [0.3, 0.4) is 0 Å². The Bertz CT molecular complexity index is 1100. The predicted octanol–water partition coefficient (Wildman–Crippen LogP) is 4.33. The van der Waals surface area contributed by atoms with Crippen molar-refractivity contribution in [3.05, 3.63) is 58.9 Å². The minimum Gasteiger partial charge on any atom is -0.360 e. The number of aromatic nitrogens is 2. The number of carbonyl (C=O) groups is 1. The summed E-state index contributed by atoms with van der Waals surface area (Å²) in [6.07, 6.45) is 7.52.